The van der Waals surface area contributed by atoms with Crippen LogP contribution in [0.5, 0.6) is 5.75 Å². The second-order valence-electron chi connectivity index (χ2n) is 8.64. The van der Waals surface area contributed by atoms with E-state index in [0.717, 1.165) is 18.4 Å². The summed E-state index contributed by atoms with van der Waals surface area (Å²) >= 11 is 0. The quantitative estimate of drug-likeness (QED) is 0.743. The Morgan fingerprint density at radius 3 is 2.35 bits per heavy atom. The molecule has 2 aliphatic rings. The van der Waals surface area contributed by atoms with E-state index >= 15 is 0 Å². The van der Waals surface area contributed by atoms with Crippen molar-refractivity contribution in [3.05, 3.63) is 28.8 Å². The molecule has 3 heteroatoms. The summed E-state index contributed by atoms with van der Waals surface area (Å²) in [5.41, 5.74) is 2.82. The molecule has 0 aromatic heterocycles. The largest absolute Gasteiger partial charge is 0.508 e. The zero-order valence-electron chi connectivity index (χ0n) is 14.9. The van der Waals surface area contributed by atoms with E-state index in [1.54, 1.807) is 6.07 Å². The van der Waals surface area contributed by atoms with Crippen molar-refractivity contribution in [2.24, 2.45) is 11.3 Å². The van der Waals surface area contributed by atoms with Crippen molar-refractivity contribution in [1.82, 2.24) is 0 Å². The highest BCUT2D eigenvalue weighted by atomic mass is 16.3. The van der Waals surface area contributed by atoms with Gasteiger partial charge < -0.3 is 15.3 Å². The molecule has 4 atom stereocenters. The van der Waals surface area contributed by atoms with Gasteiger partial charge in [-0.25, -0.2) is 0 Å². The van der Waals surface area contributed by atoms with Gasteiger partial charge in [-0.3, -0.25) is 0 Å². The molecular formula is C20H30O3. The van der Waals surface area contributed by atoms with Gasteiger partial charge >= 0.3 is 0 Å². The van der Waals surface area contributed by atoms with Crippen LogP contribution in [0.1, 0.15) is 70.1 Å². The Morgan fingerprint density at radius 2 is 1.74 bits per heavy atom. The minimum Gasteiger partial charge on any atom is -0.508 e. The number of rotatable bonds is 1. The summed E-state index contributed by atoms with van der Waals surface area (Å²) in [6, 6.07) is 3.78. The van der Waals surface area contributed by atoms with Gasteiger partial charge in [-0.05, 0) is 52.8 Å². The van der Waals surface area contributed by atoms with Crippen molar-refractivity contribution >= 4 is 0 Å². The third kappa shape index (κ3) is 2.16. The fourth-order valence-electron chi connectivity index (χ4n) is 5.40. The molecule has 0 heterocycles. The third-order valence-corrected chi connectivity index (χ3v) is 6.79. The second kappa shape index (κ2) is 5.22. The van der Waals surface area contributed by atoms with Crippen LogP contribution < -0.4 is 0 Å². The molecule has 0 bridgehead atoms. The molecule has 0 unspecified atom stereocenters. The van der Waals surface area contributed by atoms with Crippen LogP contribution in [0, 0.1) is 11.3 Å². The van der Waals surface area contributed by atoms with Gasteiger partial charge in [0, 0.05) is 11.8 Å². The number of aliphatic hydroxyl groups is 2. The van der Waals surface area contributed by atoms with E-state index in [4.69, 9.17) is 0 Å². The number of aliphatic hydroxyl groups excluding tert-OH is 2. The van der Waals surface area contributed by atoms with E-state index in [0.29, 0.717) is 12.2 Å². The molecule has 3 nitrogen and oxygen atoms in total. The maximum atomic E-state index is 10.9. The highest BCUT2D eigenvalue weighted by Crippen LogP contribution is 2.58. The van der Waals surface area contributed by atoms with E-state index < -0.39 is 12.2 Å². The number of fused-ring (bicyclic) bond motifs is 3. The molecule has 1 fully saturated rings. The molecule has 3 N–H and O–H groups in total. The first-order chi connectivity index (χ1) is 10.6. The lowest BCUT2D eigenvalue weighted by atomic mass is 9.48. The fraction of sp³-hybridized carbons (Fsp3) is 0.700. The van der Waals surface area contributed by atoms with E-state index in [9.17, 15) is 15.3 Å². The summed E-state index contributed by atoms with van der Waals surface area (Å²) in [6.07, 6.45) is 1.23. The maximum absolute atomic E-state index is 10.9. The average Bonchev–Trinajstić information content (AvgIpc) is 2.44. The minimum atomic E-state index is -0.556. The smallest absolute Gasteiger partial charge is 0.119 e. The Bertz CT molecular complexity index is 620. The SMILES string of the molecule is CC(C)c1c(O)ccc2c1CC[C@H]1C(C)(C)[C@@H](O)C[C@H](O)[C@]21C. The Kier molecular flexibility index (Phi) is 3.81. The van der Waals surface area contributed by atoms with Crippen molar-refractivity contribution in [2.45, 2.75) is 77.4 Å². The molecule has 1 aromatic carbocycles. The van der Waals surface area contributed by atoms with Crippen molar-refractivity contribution < 1.29 is 15.3 Å². The predicted molar refractivity (Wildman–Crippen MR) is 91.8 cm³/mol. The van der Waals surface area contributed by atoms with Gasteiger partial charge in [0.1, 0.15) is 5.75 Å². The molecule has 3 rings (SSSR count). The van der Waals surface area contributed by atoms with Gasteiger partial charge in [-0.2, -0.15) is 0 Å². The third-order valence-electron chi connectivity index (χ3n) is 6.79. The van der Waals surface area contributed by atoms with E-state index in [1.807, 2.05) is 6.07 Å². The van der Waals surface area contributed by atoms with Crippen molar-refractivity contribution in [2.75, 3.05) is 0 Å². The van der Waals surface area contributed by atoms with E-state index in [1.165, 1.54) is 11.1 Å². The lowest BCUT2D eigenvalue weighted by molar-refractivity contribution is -0.131. The molecule has 0 amide bonds. The van der Waals surface area contributed by atoms with Crippen LogP contribution in [-0.4, -0.2) is 27.5 Å². The van der Waals surface area contributed by atoms with Gasteiger partial charge in [0.15, 0.2) is 0 Å². The number of benzene rings is 1. The molecule has 23 heavy (non-hydrogen) atoms. The number of aromatic hydroxyl groups is 1. The highest BCUT2D eigenvalue weighted by Gasteiger charge is 2.57. The molecule has 0 aliphatic heterocycles. The Hall–Kier alpha value is -1.06. The predicted octanol–water partition coefficient (Wildman–Crippen LogP) is 3.49. The molecule has 1 saturated carbocycles. The van der Waals surface area contributed by atoms with E-state index in [2.05, 4.69) is 34.6 Å². The van der Waals surface area contributed by atoms with Crippen LogP contribution in [0.2, 0.25) is 0 Å². The summed E-state index contributed by atoms with van der Waals surface area (Å²) in [5, 5.41) is 31.7. The number of hydrogen-bond acceptors (Lipinski definition) is 3. The standard InChI is InChI=1S/C20H30O3/c1-11(2)18-12-6-9-15-19(3,4)16(22)10-17(23)20(15,5)13(12)7-8-14(18)21/h7-8,11,15-17,21-23H,6,9-10H2,1-5H3/t15-,16-,17-,20+/m0/s1. The van der Waals surface area contributed by atoms with Crippen LogP contribution in [0.4, 0.5) is 0 Å². The molecule has 2 aliphatic carbocycles. The normalized spacial score (nSPS) is 35.7. The Morgan fingerprint density at radius 1 is 1.09 bits per heavy atom. The first-order valence-corrected chi connectivity index (χ1v) is 8.83. The summed E-state index contributed by atoms with van der Waals surface area (Å²) in [5.74, 6) is 0.848. The molecule has 0 radical (unpaired) electrons. The van der Waals surface area contributed by atoms with Gasteiger partial charge in [0.25, 0.3) is 0 Å². The summed E-state index contributed by atoms with van der Waals surface area (Å²) < 4.78 is 0. The van der Waals surface area contributed by atoms with Crippen LogP contribution in [0.15, 0.2) is 12.1 Å². The number of phenolic OH excluding ortho intramolecular Hbond substituents is 1. The minimum absolute atomic E-state index is 0.221. The van der Waals surface area contributed by atoms with Crippen LogP contribution in [0.3, 0.4) is 0 Å². The first-order valence-electron chi connectivity index (χ1n) is 8.83. The first kappa shape index (κ1) is 16.8. The molecule has 0 spiro atoms. The number of phenols is 1. The van der Waals surface area contributed by atoms with Crippen LogP contribution in [0.25, 0.3) is 0 Å². The summed E-state index contributed by atoms with van der Waals surface area (Å²) in [6.45, 7) is 10.6. The van der Waals surface area contributed by atoms with Gasteiger partial charge in [-0.15, -0.1) is 0 Å². The van der Waals surface area contributed by atoms with Crippen molar-refractivity contribution in [3.8, 4) is 5.75 Å². The second-order valence-corrected chi connectivity index (χ2v) is 8.64. The van der Waals surface area contributed by atoms with Gasteiger partial charge in [0.05, 0.1) is 12.2 Å². The monoisotopic (exact) mass is 318 g/mol. The molecule has 1 aromatic rings. The lowest BCUT2D eigenvalue weighted by Gasteiger charge is -2.58. The molecule has 0 saturated heterocycles. The van der Waals surface area contributed by atoms with E-state index in [-0.39, 0.29) is 22.7 Å². The topological polar surface area (TPSA) is 60.7 Å². The summed E-state index contributed by atoms with van der Waals surface area (Å²) in [4.78, 5) is 0. The maximum Gasteiger partial charge on any atom is 0.119 e. The highest BCUT2D eigenvalue weighted by molar-refractivity contribution is 5.51. The Balaban J connectivity index is 2.22. The van der Waals surface area contributed by atoms with Crippen LogP contribution >= 0.6 is 0 Å². The zero-order valence-corrected chi connectivity index (χ0v) is 14.9. The number of hydrogen-bond donors (Lipinski definition) is 3. The van der Waals surface area contributed by atoms with Gasteiger partial charge in [0.2, 0.25) is 0 Å². The average molecular weight is 318 g/mol. The molecular weight excluding hydrogens is 288 g/mol. The lowest BCUT2D eigenvalue weighted by Crippen LogP contribution is -2.60. The van der Waals surface area contributed by atoms with Crippen molar-refractivity contribution in [3.63, 3.8) is 0 Å². The fourth-order valence-corrected chi connectivity index (χ4v) is 5.40. The Labute approximate surface area is 139 Å². The zero-order chi connectivity index (χ0) is 17.2. The van der Waals surface area contributed by atoms with Crippen molar-refractivity contribution in [1.29, 1.82) is 0 Å². The van der Waals surface area contributed by atoms with Gasteiger partial charge in [-0.1, -0.05) is 40.7 Å². The molecule has 128 valence electrons. The summed E-state index contributed by atoms with van der Waals surface area (Å²) in [7, 11) is 0. The van der Waals surface area contributed by atoms with Crippen LogP contribution in [-0.2, 0) is 11.8 Å².